The van der Waals surface area contributed by atoms with Crippen LogP contribution in [0.15, 0.2) is 35.5 Å². The first-order valence-corrected chi connectivity index (χ1v) is 12.2. The minimum Gasteiger partial charge on any atom is -0.351 e. The molecule has 32 heavy (non-hydrogen) atoms. The molecular weight excluding hydrogens is 456 g/mol. The maximum atomic E-state index is 13.6. The number of nitrogens with one attached hydrogen (secondary N) is 1. The predicted molar refractivity (Wildman–Crippen MR) is 122 cm³/mol. The molecule has 2 aromatic rings. The van der Waals surface area contributed by atoms with E-state index in [4.69, 9.17) is 11.6 Å². The van der Waals surface area contributed by atoms with Crippen molar-refractivity contribution in [2.45, 2.75) is 43.2 Å². The quantitative estimate of drug-likeness (QED) is 0.348. The van der Waals surface area contributed by atoms with Gasteiger partial charge in [0.25, 0.3) is 5.91 Å². The van der Waals surface area contributed by atoms with E-state index in [1.807, 2.05) is 23.3 Å². The largest absolute Gasteiger partial charge is 0.351 e. The molecule has 1 saturated carbocycles. The first-order valence-electron chi connectivity index (χ1n) is 10.6. The first kappa shape index (κ1) is 24.5. The minimum atomic E-state index is -0.670. The molecule has 9 heteroatoms. The van der Waals surface area contributed by atoms with Crippen molar-refractivity contribution in [3.63, 3.8) is 0 Å². The van der Waals surface area contributed by atoms with E-state index in [0.717, 1.165) is 55.9 Å². The Morgan fingerprint density at radius 2 is 1.94 bits per heavy atom. The Bertz CT molecular complexity index is 936. The van der Waals surface area contributed by atoms with Crippen molar-refractivity contribution < 1.29 is 18.4 Å². The third kappa shape index (κ3) is 6.42. The molecular formula is C23H26ClF2N3O2S. The zero-order valence-electron chi connectivity index (χ0n) is 17.8. The van der Waals surface area contributed by atoms with Crippen molar-refractivity contribution in [1.82, 2.24) is 15.2 Å². The van der Waals surface area contributed by atoms with E-state index >= 15 is 0 Å². The van der Waals surface area contributed by atoms with Crippen molar-refractivity contribution in [3.8, 4) is 0 Å². The van der Waals surface area contributed by atoms with Gasteiger partial charge in [0.05, 0.1) is 21.7 Å². The summed E-state index contributed by atoms with van der Waals surface area (Å²) in [6.45, 7) is 1.78. The van der Waals surface area contributed by atoms with Crippen LogP contribution in [0.25, 0.3) is 0 Å². The van der Waals surface area contributed by atoms with Gasteiger partial charge in [-0.25, -0.2) is 13.8 Å². The van der Waals surface area contributed by atoms with Crippen LogP contribution in [0.3, 0.4) is 0 Å². The van der Waals surface area contributed by atoms with Crippen LogP contribution in [0.2, 0.25) is 5.02 Å². The van der Waals surface area contributed by atoms with Crippen molar-refractivity contribution in [3.05, 3.63) is 58.2 Å². The Morgan fingerprint density at radius 3 is 2.50 bits per heavy atom. The van der Waals surface area contributed by atoms with Gasteiger partial charge in [-0.05, 0) is 68.5 Å². The Labute approximate surface area is 195 Å². The van der Waals surface area contributed by atoms with E-state index in [1.54, 1.807) is 18.0 Å². The third-order valence-electron chi connectivity index (χ3n) is 5.55. The average Bonchev–Trinajstić information content (AvgIpc) is 3.66. The number of thioether (sulfide) groups is 1. The second-order valence-electron chi connectivity index (χ2n) is 7.83. The maximum Gasteiger partial charge on any atom is 0.255 e. The van der Waals surface area contributed by atoms with E-state index in [9.17, 15) is 18.4 Å². The third-order valence-corrected chi connectivity index (χ3v) is 6.50. The summed E-state index contributed by atoms with van der Waals surface area (Å²) in [4.78, 5) is 28.7. The van der Waals surface area contributed by atoms with Gasteiger partial charge in [0.1, 0.15) is 11.6 Å². The van der Waals surface area contributed by atoms with Crippen molar-refractivity contribution in [2.24, 2.45) is 5.92 Å². The standard InChI is InChI=1S/C12H16N2OS.C11H10ClF2NO/c1-16-11-6-5-10(9-13-11)12(15)14-7-3-2-4-8-14;12-8-4-9(13)7(3-10(8)14)11(15-5-16)6-1-2-6/h5-6,9H,2-4,7-8H2,1H3;3-6,11H,1-2H2,(H,15,16). The Morgan fingerprint density at radius 1 is 1.22 bits per heavy atom. The lowest BCUT2D eigenvalue weighted by Crippen LogP contribution is -2.35. The number of nitrogens with zero attached hydrogens (tertiary/aromatic N) is 2. The van der Waals surface area contributed by atoms with Gasteiger partial charge in [0.2, 0.25) is 6.41 Å². The predicted octanol–water partition coefficient (Wildman–Crippen LogP) is 5.24. The number of benzene rings is 1. The monoisotopic (exact) mass is 481 g/mol. The molecule has 4 rings (SSSR count). The maximum absolute atomic E-state index is 13.6. The van der Waals surface area contributed by atoms with Gasteiger partial charge < -0.3 is 10.2 Å². The number of rotatable bonds is 6. The van der Waals surface area contributed by atoms with E-state index in [-0.39, 0.29) is 22.4 Å². The van der Waals surface area contributed by atoms with E-state index < -0.39 is 17.7 Å². The van der Waals surface area contributed by atoms with Gasteiger partial charge in [-0.15, -0.1) is 11.8 Å². The summed E-state index contributed by atoms with van der Waals surface area (Å²) in [7, 11) is 0. The highest BCUT2D eigenvalue weighted by Gasteiger charge is 2.34. The van der Waals surface area contributed by atoms with Gasteiger partial charge in [-0.3, -0.25) is 9.59 Å². The molecule has 2 aliphatic rings. The summed E-state index contributed by atoms with van der Waals surface area (Å²) in [5.41, 5.74) is 0.871. The van der Waals surface area contributed by atoms with E-state index in [0.29, 0.717) is 12.0 Å². The second-order valence-corrected chi connectivity index (χ2v) is 9.06. The average molecular weight is 482 g/mol. The summed E-state index contributed by atoms with van der Waals surface area (Å²) in [5.74, 6) is -0.936. The molecule has 0 radical (unpaired) electrons. The summed E-state index contributed by atoms with van der Waals surface area (Å²) in [6.07, 6.45) is 9.49. The second kappa shape index (κ2) is 11.6. The van der Waals surface area contributed by atoms with E-state index in [2.05, 4.69) is 10.3 Å². The number of halogens is 3. The number of likely N-dealkylation sites (tertiary alicyclic amines) is 1. The molecule has 1 atom stereocenters. The molecule has 1 unspecified atom stereocenters. The summed E-state index contributed by atoms with van der Waals surface area (Å²) >= 11 is 7.05. The molecule has 2 amide bonds. The van der Waals surface area contributed by atoms with E-state index in [1.165, 1.54) is 6.42 Å². The van der Waals surface area contributed by atoms with Crippen LogP contribution in [0.4, 0.5) is 8.78 Å². The molecule has 1 N–H and O–H groups in total. The molecule has 1 saturated heterocycles. The lowest BCUT2D eigenvalue weighted by atomic mass is 10.0. The lowest BCUT2D eigenvalue weighted by molar-refractivity contribution is -0.110. The van der Waals surface area contributed by atoms with Crippen molar-refractivity contribution >= 4 is 35.7 Å². The number of carbonyl (C=O) groups excluding carboxylic acids is 2. The fourth-order valence-corrected chi connectivity index (χ4v) is 4.18. The van der Waals surface area contributed by atoms with Gasteiger partial charge in [-0.1, -0.05) is 11.6 Å². The fraction of sp³-hybridized carbons (Fsp3) is 0.435. The normalized spacial score (nSPS) is 16.6. The van der Waals surface area contributed by atoms with Crippen LogP contribution >= 0.6 is 23.4 Å². The highest BCUT2D eigenvalue weighted by Crippen LogP contribution is 2.42. The number of piperidine rings is 1. The molecule has 1 aromatic heterocycles. The van der Waals surface area contributed by atoms with Gasteiger partial charge in [0.15, 0.2) is 0 Å². The Kier molecular flexibility index (Phi) is 8.87. The number of amides is 2. The summed E-state index contributed by atoms with van der Waals surface area (Å²) < 4.78 is 26.8. The molecule has 5 nitrogen and oxygen atoms in total. The zero-order valence-corrected chi connectivity index (χ0v) is 19.4. The molecule has 1 aliphatic heterocycles. The fourth-order valence-electron chi connectivity index (χ4n) is 3.67. The lowest BCUT2D eigenvalue weighted by Gasteiger charge is -2.26. The number of hydrogen-bond donors (Lipinski definition) is 1. The highest BCUT2D eigenvalue weighted by molar-refractivity contribution is 7.98. The smallest absolute Gasteiger partial charge is 0.255 e. The van der Waals surface area contributed by atoms with Gasteiger partial charge in [-0.2, -0.15) is 0 Å². The van der Waals surface area contributed by atoms with Crippen LogP contribution in [-0.4, -0.2) is 41.5 Å². The Balaban J connectivity index is 0.000000181. The molecule has 172 valence electrons. The summed E-state index contributed by atoms with van der Waals surface area (Å²) in [6, 6.07) is 5.31. The number of pyridine rings is 1. The number of carbonyl (C=O) groups is 2. The van der Waals surface area contributed by atoms with Crippen LogP contribution < -0.4 is 5.32 Å². The summed E-state index contributed by atoms with van der Waals surface area (Å²) in [5, 5.41) is 3.22. The van der Waals surface area contributed by atoms with Gasteiger partial charge >= 0.3 is 0 Å². The molecule has 2 fully saturated rings. The Hall–Kier alpha value is -2.19. The SMILES string of the molecule is CSc1ccc(C(=O)N2CCCCC2)cn1.O=CNC(c1cc(F)c(Cl)cc1F)C1CC1. The van der Waals surface area contributed by atoms with Crippen LogP contribution in [0.5, 0.6) is 0 Å². The van der Waals surface area contributed by atoms with Crippen LogP contribution in [0, 0.1) is 17.6 Å². The number of aromatic nitrogens is 1. The highest BCUT2D eigenvalue weighted by atomic mass is 35.5. The van der Waals surface area contributed by atoms with Crippen molar-refractivity contribution in [1.29, 1.82) is 0 Å². The molecule has 0 spiro atoms. The van der Waals surface area contributed by atoms with Crippen molar-refractivity contribution in [2.75, 3.05) is 19.3 Å². The molecule has 0 bridgehead atoms. The topological polar surface area (TPSA) is 62.3 Å². The molecule has 1 aliphatic carbocycles. The van der Waals surface area contributed by atoms with Crippen LogP contribution in [-0.2, 0) is 4.79 Å². The van der Waals surface area contributed by atoms with Crippen LogP contribution in [0.1, 0.15) is 54.1 Å². The molecule has 2 heterocycles. The van der Waals surface area contributed by atoms with Gasteiger partial charge in [0, 0.05) is 24.8 Å². The minimum absolute atomic E-state index is 0.125. The zero-order chi connectivity index (χ0) is 23.1. The number of hydrogen-bond acceptors (Lipinski definition) is 4. The first-order chi connectivity index (χ1) is 15.4. The molecule has 1 aromatic carbocycles.